The number of anilines is 1. The number of urea groups is 2. The average Bonchev–Trinajstić information content (AvgIpc) is 3.68. The molecule has 39 heavy (non-hydrogen) atoms. The lowest BCUT2D eigenvalue weighted by Gasteiger charge is -2.31. The summed E-state index contributed by atoms with van der Waals surface area (Å²) >= 11 is 0. The van der Waals surface area contributed by atoms with E-state index in [2.05, 4.69) is 16.0 Å². The second-order valence-corrected chi connectivity index (χ2v) is 12.1. The lowest BCUT2D eigenvalue weighted by atomic mass is 9.92. The maximum Gasteiger partial charge on any atom is 0.325 e. The number of rotatable bonds is 7. The van der Waals surface area contributed by atoms with Gasteiger partial charge < -0.3 is 20.9 Å². The predicted molar refractivity (Wildman–Crippen MR) is 138 cm³/mol. The van der Waals surface area contributed by atoms with Crippen molar-refractivity contribution in [2.75, 3.05) is 24.7 Å². The zero-order valence-electron chi connectivity index (χ0n) is 21.4. The van der Waals surface area contributed by atoms with E-state index in [9.17, 15) is 32.0 Å². The van der Waals surface area contributed by atoms with Crippen LogP contribution in [-0.4, -0.2) is 67.5 Å². The van der Waals surface area contributed by atoms with E-state index in [0.717, 1.165) is 17.7 Å². The third kappa shape index (κ3) is 4.82. The highest BCUT2D eigenvalue weighted by Gasteiger charge is 2.60. The van der Waals surface area contributed by atoms with Crippen LogP contribution in [0.25, 0.3) is 0 Å². The molecule has 2 atom stereocenters. The van der Waals surface area contributed by atoms with Crippen LogP contribution < -0.4 is 16.0 Å². The summed E-state index contributed by atoms with van der Waals surface area (Å²) in [6.07, 6.45) is 1.90. The molecule has 1 aliphatic carbocycles. The van der Waals surface area contributed by atoms with E-state index in [1.807, 2.05) is 6.92 Å². The molecule has 6 amide bonds. The van der Waals surface area contributed by atoms with Gasteiger partial charge in [-0.2, -0.15) is 0 Å². The maximum absolute atomic E-state index is 13.7. The van der Waals surface area contributed by atoms with Crippen molar-refractivity contribution in [2.45, 2.75) is 42.8 Å². The standard InChI is InChI=1S/C26H28FN5O6S/c1-15(17-5-6-17)31(12-16-3-7-18(27)8-4-16)22(33)13-32-23(34)26(30-25(32)36)14-39(37,38)21-11-19(9-10-20(21)26)29-24(35)28-2/h3-4,7-11,15,17H,5-6,12-14H2,1-2H3,(H,30,36)(H2,28,29,35)/t15-,26?/m0/s1. The molecule has 2 aliphatic heterocycles. The Morgan fingerprint density at radius 3 is 2.51 bits per heavy atom. The molecule has 0 radical (unpaired) electrons. The zero-order chi connectivity index (χ0) is 28.1. The normalized spacial score (nSPS) is 21.9. The summed E-state index contributed by atoms with van der Waals surface area (Å²) in [6, 6.07) is 8.21. The predicted octanol–water partition coefficient (Wildman–Crippen LogP) is 1.94. The maximum atomic E-state index is 13.7. The lowest BCUT2D eigenvalue weighted by molar-refractivity contribution is -0.140. The molecule has 1 unspecified atom stereocenters. The van der Waals surface area contributed by atoms with Crippen molar-refractivity contribution in [3.8, 4) is 0 Å². The van der Waals surface area contributed by atoms with Gasteiger partial charge in [-0.25, -0.2) is 22.4 Å². The molecule has 13 heteroatoms. The fourth-order valence-electron chi connectivity index (χ4n) is 5.20. The van der Waals surface area contributed by atoms with Crippen LogP contribution in [0, 0.1) is 11.7 Å². The van der Waals surface area contributed by atoms with Crippen molar-refractivity contribution in [2.24, 2.45) is 5.92 Å². The second-order valence-electron chi connectivity index (χ2n) is 10.1. The number of nitrogens with zero attached hydrogens (tertiary/aromatic N) is 2. The average molecular weight is 558 g/mol. The Bertz CT molecular complexity index is 1480. The van der Waals surface area contributed by atoms with Crippen molar-refractivity contribution in [1.29, 1.82) is 0 Å². The van der Waals surface area contributed by atoms with Gasteiger partial charge in [0.15, 0.2) is 15.4 Å². The van der Waals surface area contributed by atoms with Crippen molar-refractivity contribution < 1.29 is 32.0 Å². The van der Waals surface area contributed by atoms with Crippen LogP contribution in [0.15, 0.2) is 47.4 Å². The minimum Gasteiger partial charge on any atom is -0.341 e. The van der Waals surface area contributed by atoms with Gasteiger partial charge in [0.25, 0.3) is 5.91 Å². The summed E-state index contributed by atoms with van der Waals surface area (Å²) < 4.78 is 39.5. The van der Waals surface area contributed by atoms with Gasteiger partial charge in [-0.1, -0.05) is 18.2 Å². The molecule has 2 fully saturated rings. The summed E-state index contributed by atoms with van der Waals surface area (Å²) in [6.45, 7) is 1.50. The van der Waals surface area contributed by atoms with Crippen LogP contribution in [0.5, 0.6) is 0 Å². The summed E-state index contributed by atoms with van der Waals surface area (Å²) in [5, 5.41) is 7.37. The number of hydrogen-bond acceptors (Lipinski definition) is 6. The topological polar surface area (TPSA) is 145 Å². The first-order valence-electron chi connectivity index (χ1n) is 12.5. The minimum atomic E-state index is -4.01. The monoisotopic (exact) mass is 557 g/mol. The third-order valence-corrected chi connectivity index (χ3v) is 9.34. The van der Waals surface area contributed by atoms with E-state index in [4.69, 9.17) is 0 Å². The van der Waals surface area contributed by atoms with Gasteiger partial charge in [0.05, 0.1) is 10.6 Å². The molecule has 2 aromatic rings. The molecule has 3 aliphatic rings. The van der Waals surface area contributed by atoms with E-state index in [-0.39, 0.29) is 34.7 Å². The van der Waals surface area contributed by atoms with E-state index < -0.39 is 57.4 Å². The van der Waals surface area contributed by atoms with Crippen molar-refractivity contribution in [1.82, 2.24) is 20.4 Å². The van der Waals surface area contributed by atoms with Crippen molar-refractivity contribution >= 4 is 39.4 Å². The Morgan fingerprint density at radius 1 is 1.18 bits per heavy atom. The summed E-state index contributed by atoms with van der Waals surface area (Å²) in [5.41, 5.74) is -0.903. The molecular formula is C26H28FN5O6S. The highest BCUT2D eigenvalue weighted by Crippen LogP contribution is 2.43. The summed E-state index contributed by atoms with van der Waals surface area (Å²) in [5.74, 6) is -2.14. The van der Waals surface area contributed by atoms with Crippen LogP contribution in [0.4, 0.5) is 19.7 Å². The van der Waals surface area contributed by atoms with Crippen LogP contribution >= 0.6 is 0 Å². The molecule has 3 N–H and O–H groups in total. The number of amides is 6. The van der Waals surface area contributed by atoms with Crippen molar-refractivity contribution in [3.05, 3.63) is 59.4 Å². The number of halogens is 1. The largest absolute Gasteiger partial charge is 0.341 e. The van der Waals surface area contributed by atoms with Gasteiger partial charge in [-0.15, -0.1) is 0 Å². The lowest BCUT2D eigenvalue weighted by Crippen LogP contribution is -2.48. The highest BCUT2D eigenvalue weighted by molar-refractivity contribution is 7.92. The number of nitrogens with one attached hydrogen (secondary N) is 3. The smallest absolute Gasteiger partial charge is 0.325 e. The molecule has 11 nitrogen and oxygen atoms in total. The fourth-order valence-corrected chi connectivity index (χ4v) is 7.16. The summed E-state index contributed by atoms with van der Waals surface area (Å²) in [4.78, 5) is 54.0. The quantitative estimate of drug-likeness (QED) is 0.444. The van der Waals surface area contributed by atoms with Crippen LogP contribution in [0.3, 0.4) is 0 Å². The molecule has 0 aromatic heterocycles. The fraction of sp³-hybridized carbons (Fsp3) is 0.385. The molecule has 1 saturated carbocycles. The van der Waals surface area contributed by atoms with Gasteiger partial charge in [-0.05, 0) is 55.5 Å². The number of carbonyl (C=O) groups is 4. The van der Waals surface area contributed by atoms with Gasteiger partial charge >= 0.3 is 12.1 Å². The Balaban J connectivity index is 1.40. The number of carbonyl (C=O) groups excluding carboxylic acids is 4. The molecule has 5 rings (SSSR count). The van der Waals surface area contributed by atoms with E-state index in [1.54, 1.807) is 17.0 Å². The number of fused-ring (bicyclic) bond motifs is 2. The molecule has 1 saturated heterocycles. The minimum absolute atomic E-state index is 0.0766. The number of imide groups is 1. The second kappa shape index (κ2) is 9.63. The SMILES string of the molecule is CNC(=O)Nc1ccc2c(c1)S(=O)(=O)CC21NC(=O)N(CC(=O)N(Cc2ccc(F)cc2)[C@@H](C)C2CC2)C1=O. The Kier molecular flexibility index (Phi) is 6.57. The van der Waals surface area contributed by atoms with Gasteiger partial charge in [0, 0.05) is 30.9 Å². The number of sulfone groups is 1. The summed E-state index contributed by atoms with van der Waals surface area (Å²) in [7, 11) is -2.60. The van der Waals surface area contributed by atoms with Gasteiger partial charge in [0.1, 0.15) is 12.4 Å². The third-order valence-electron chi connectivity index (χ3n) is 7.52. The Labute approximate surface area is 224 Å². The Morgan fingerprint density at radius 2 is 1.87 bits per heavy atom. The molecule has 0 bridgehead atoms. The zero-order valence-corrected chi connectivity index (χ0v) is 22.2. The van der Waals surface area contributed by atoms with E-state index in [0.29, 0.717) is 5.56 Å². The number of hydrogen-bond donors (Lipinski definition) is 3. The van der Waals surface area contributed by atoms with Gasteiger partial charge in [0.2, 0.25) is 5.91 Å². The molecule has 2 heterocycles. The highest BCUT2D eigenvalue weighted by atomic mass is 32.2. The first kappa shape index (κ1) is 26.6. The van der Waals surface area contributed by atoms with E-state index in [1.165, 1.54) is 37.4 Å². The molecular weight excluding hydrogens is 529 g/mol. The molecule has 1 spiro atoms. The van der Waals surface area contributed by atoms with Crippen LogP contribution in [-0.2, 0) is 31.5 Å². The van der Waals surface area contributed by atoms with Crippen LogP contribution in [0.2, 0.25) is 0 Å². The first-order valence-corrected chi connectivity index (χ1v) is 14.1. The molecule has 2 aromatic carbocycles. The van der Waals surface area contributed by atoms with Crippen molar-refractivity contribution in [3.63, 3.8) is 0 Å². The Hall–Kier alpha value is -4.00. The molecule has 206 valence electrons. The van der Waals surface area contributed by atoms with Crippen LogP contribution in [0.1, 0.15) is 30.9 Å². The number of benzene rings is 2. The van der Waals surface area contributed by atoms with E-state index >= 15 is 0 Å². The van der Waals surface area contributed by atoms with Gasteiger partial charge in [-0.3, -0.25) is 14.5 Å². The first-order chi connectivity index (χ1) is 18.4.